The molecule has 0 saturated heterocycles. The molecule has 0 spiro atoms. The number of hydrogen-bond acceptors (Lipinski definition) is 3. The molecule has 4 nitrogen and oxygen atoms in total. The average molecular weight is 197 g/mol. The SMILES string of the molecule is COC(C)(C)C(C)n1nc(C)cc1N. The van der Waals surface area contributed by atoms with Crippen molar-refractivity contribution < 1.29 is 4.74 Å². The predicted octanol–water partition coefficient (Wildman–Crippen LogP) is 1.76. The third kappa shape index (κ3) is 1.90. The fourth-order valence-electron chi connectivity index (χ4n) is 1.31. The lowest BCUT2D eigenvalue weighted by atomic mass is 10.0. The van der Waals surface area contributed by atoms with Crippen molar-refractivity contribution in [2.75, 3.05) is 12.8 Å². The van der Waals surface area contributed by atoms with E-state index in [9.17, 15) is 0 Å². The maximum atomic E-state index is 5.84. The predicted molar refractivity (Wildman–Crippen MR) is 57.2 cm³/mol. The molecule has 4 heteroatoms. The van der Waals surface area contributed by atoms with Gasteiger partial charge in [-0.05, 0) is 27.7 Å². The van der Waals surface area contributed by atoms with E-state index in [0.717, 1.165) is 5.69 Å². The Balaban J connectivity index is 3.00. The highest BCUT2D eigenvalue weighted by molar-refractivity contribution is 5.31. The van der Waals surface area contributed by atoms with Crippen molar-refractivity contribution in [2.45, 2.75) is 39.3 Å². The summed E-state index contributed by atoms with van der Waals surface area (Å²) in [6.45, 7) is 8.02. The van der Waals surface area contributed by atoms with Crippen LogP contribution in [-0.2, 0) is 4.74 Å². The molecule has 0 saturated carbocycles. The van der Waals surface area contributed by atoms with Crippen LogP contribution in [0.2, 0.25) is 0 Å². The molecule has 0 fully saturated rings. The van der Waals surface area contributed by atoms with E-state index in [0.29, 0.717) is 5.82 Å². The van der Waals surface area contributed by atoms with Gasteiger partial charge in [-0.2, -0.15) is 5.10 Å². The maximum absolute atomic E-state index is 5.84. The molecule has 2 N–H and O–H groups in total. The topological polar surface area (TPSA) is 53.1 Å². The fourth-order valence-corrected chi connectivity index (χ4v) is 1.31. The zero-order valence-corrected chi connectivity index (χ0v) is 9.53. The van der Waals surface area contributed by atoms with E-state index in [-0.39, 0.29) is 11.6 Å². The molecule has 0 aliphatic heterocycles. The van der Waals surface area contributed by atoms with Crippen molar-refractivity contribution in [2.24, 2.45) is 0 Å². The minimum absolute atomic E-state index is 0.112. The molecule has 1 heterocycles. The highest BCUT2D eigenvalue weighted by atomic mass is 16.5. The lowest BCUT2D eigenvalue weighted by Crippen LogP contribution is -2.34. The standard InChI is InChI=1S/C10H19N3O/c1-7-6-9(11)13(12-7)8(2)10(3,4)14-5/h6,8H,11H2,1-5H3. The summed E-state index contributed by atoms with van der Waals surface area (Å²) in [6, 6.07) is 1.98. The van der Waals surface area contributed by atoms with Crippen LogP contribution in [0.5, 0.6) is 0 Å². The summed E-state index contributed by atoms with van der Waals surface area (Å²) in [5.74, 6) is 0.681. The van der Waals surface area contributed by atoms with Crippen LogP contribution in [0.4, 0.5) is 5.82 Å². The van der Waals surface area contributed by atoms with E-state index in [2.05, 4.69) is 5.10 Å². The number of hydrogen-bond donors (Lipinski definition) is 1. The molecule has 1 atom stereocenters. The lowest BCUT2D eigenvalue weighted by molar-refractivity contribution is -0.0194. The fraction of sp³-hybridized carbons (Fsp3) is 0.700. The molecule has 1 unspecified atom stereocenters. The second-order valence-electron chi connectivity index (χ2n) is 4.14. The van der Waals surface area contributed by atoms with E-state index >= 15 is 0 Å². The van der Waals surface area contributed by atoms with Gasteiger partial charge in [0.25, 0.3) is 0 Å². The number of aryl methyl sites for hydroxylation is 1. The Morgan fingerprint density at radius 2 is 2.14 bits per heavy atom. The van der Waals surface area contributed by atoms with Gasteiger partial charge in [-0.25, -0.2) is 4.68 Å². The summed E-state index contributed by atoms with van der Waals surface area (Å²) in [7, 11) is 1.70. The zero-order valence-electron chi connectivity index (χ0n) is 9.53. The number of nitrogens with two attached hydrogens (primary N) is 1. The van der Waals surface area contributed by atoms with Gasteiger partial charge in [0.1, 0.15) is 5.82 Å². The van der Waals surface area contributed by atoms with Gasteiger partial charge >= 0.3 is 0 Å². The Labute approximate surface area is 85.0 Å². The number of nitrogens with zero attached hydrogens (tertiary/aromatic N) is 2. The maximum Gasteiger partial charge on any atom is 0.122 e. The molecule has 0 bridgehead atoms. The lowest BCUT2D eigenvalue weighted by Gasteiger charge is -2.30. The van der Waals surface area contributed by atoms with Gasteiger partial charge in [-0.1, -0.05) is 0 Å². The number of methoxy groups -OCH3 is 1. The van der Waals surface area contributed by atoms with Crippen LogP contribution in [0.3, 0.4) is 0 Å². The normalized spacial score (nSPS) is 14.4. The van der Waals surface area contributed by atoms with Crippen LogP contribution in [0.1, 0.15) is 32.5 Å². The van der Waals surface area contributed by atoms with Crippen LogP contribution in [0, 0.1) is 6.92 Å². The Morgan fingerprint density at radius 1 is 1.57 bits per heavy atom. The monoisotopic (exact) mass is 197 g/mol. The average Bonchev–Trinajstić information content (AvgIpc) is 2.44. The van der Waals surface area contributed by atoms with Gasteiger partial charge in [0.15, 0.2) is 0 Å². The largest absolute Gasteiger partial charge is 0.384 e. The van der Waals surface area contributed by atoms with E-state index in [1.165, 1.54) is 0 Å². The van der Waals surface area contributed by atoms with E-state index in [1.807, 2.05) is 33.8 Å². The summed E-state index contributed by atoms with van der Waals surface area (Å²) in [5, 5.41) is 4.34. The second-order valence-corrected chi connectivity index (χ2v) is 4.14. The number of aromatic nitrogens is 2. The van der Waals surface area contributed by atoms with Crippen molar-refractivity contribution in [1.29, 1.82) is 0 Å². The molecule has 1 aromatic rings. The Bertz CT molecular complexity index is 317. The summed E-state index contributed by atoms with van der Waals surface area (Å²) < 4.78 is 7.21. The first-order chi connectivity index (χ1) is 6.38. The molecule has 14 heavy (non-hydrogen) atoms. The third-order valence-corrected chi connectivity index (χ3v) is 2.79. The molecular formula is C10H19N3O. The van der Waals surface area contributed by atoms with Gasteiger partial charge in [0.2, 0.25) is 0 Å². The summed E-state index contributed by atoms with van der Waals surface area (Å²) in [4.78, 5) is 0. The minimum atomic E-state index is -0.271. The Morgan fingerprint density at radius 3 is 2.50 bits per heavy atom. The molecule has 0 aliphatic carbocycles. The van der Waals surface area contributed by atoms with E-state index in [4.69, 9.17) is 10.5 Å². The highest BCUT2D eigenvalue weighted by Crippen LogP contribution is 2.26. The van der Waals surface area contributed by atoms with Crippen molar-refractivity contribution in [1.82, 2.24) is 9.78 Å². The van der Waals surface area contributed by atoms with Crippen LogP contribution in [-0.4, -0.2) is 22.5 Å². The number of ether oxygens (including phenoxy) is 1. The summed E-state index contributed by atoms with van der Waals surface area (Å²) in [5.41, 5.74) is 6.50. The van der Waals surface area contributed by atoms with Gasteiger partial charge in [0.05, 0.1) is 17.3 Å². The van der Waals surface area contributed by atoms with Crippen LogP contribution < -0.4 is 5.73 Å². The Kier molecular flexibility index (Phi) is 2.85. The minimum Gasteiger partial charge on any atom is -0.384 e. The van der Waals surface area contributed by atoms with E-state index in [1.54, 1.807) is 11.8 Å². The smallest absolute Gasteiger partial charge is 0.122 e. The molecule has 0 aliphatic rings. The number of nitrogen functional groups attached to an aromatic ring is 1. The van der Waals surface area contributed by atoms with E-state index < -0.39 is 0 Å². The van der Waals surface area contributed by atoms with Crippen molar-refractivity contribution in [3.05, 3.63) is 11.8 Å². The molecule has 1 aromatic heterocycles. The van der Waals surface area contributed by atoms with Crippen molar-refractivity contribution in [3.8, 4) is 0 Å². The Hall–Kier alpha value is -1.03. The van der Waals surface area contributed by atoms with Crippen LogP contribution in [0.15, 0.2) is 6.07 Å². The van der Waals surface area contributed by atoms with Crippen LogP contribution in [0.25, 0.3) is 0 Å². The first-order valence-electron chi connectivity index (χ1n) is 4.75. The van der Waals surface area contributed by atoms with Gasteiger partial charge in [-0.15, -0.1) is 0 Å². The van der Waals surface area contributed by atoms with Gasteiger partial charge < -0.3 is 10.5 Å². The summed E-state index contributed by atoms with van der Waals surface area (Å²) >= 11 is 0. The van der Waals surface area contributed by atoms with Gasteiger partial charge in [0, 0.05) is 13.2 Å². The van der Waals surface area contributed by atoms with Crippen LogP contribution >= 0.6 is 0 Å². The van der Waals surface area contributed by atoms with Crippen molar-refractivity contribution >= 4 is 5.82 Å². The molecule has 0 amide bonds. The second kappa shape index (κ2) is 3.61. The zero-order chi connectivity index (χ0) is 10.9. The highest BCUT2D eigenvalue weighted by Gasteiger charge is 2.28. The first kappa shape index (κ1) is 11.0. The molecular weight excluding hydrogens is 178 g/mol. The molecule has 0 aromatic carbocycles. The van der Waals surface area contributed by atoms with Crippen molar-refractivity contribution in [3.63, 3.8) is 0 Å². The van der Waals surface area contributed by atoms with Gasteiger partial charge in [-0.3, -0.25) is 0 Å². The molecule has 1 rings (SSSR count). The third-order valence-electron chi connectivity index (χ3n) is 2.79. The quantitative estimate of drug-likeness (QED) is 0.803. The first-order valence-corrected chi connectivity index (χ1v) is 4.75. The number of rotatable bonds is 3. The number of anilines is 1. The molecule has 80 valence electrons. The summed E-state index contributed by atoms with van der Waals surface area (Å²) in [6.07, 6.45) is 0. The molecule has 0 radical (unpaired) electrons.